The maximum Gasteiger partial charge on any atom is 0.225 e. The highest BCUT2D eigenvalue weighted by molar-refractivity contribution is 8.16. The zero-order chi connectivity index (χ0) is 10.7. The largest absolute Gasteiger partial charge is 0.356 e. The van der Waals surface area contributed by atoms with Crippen molar-refractivity contribution < 1.29 is 4.79 Å². The molecule has 5 heteroatoms. The number of thioether (sulfide) groups is 1. The summed E-state index contributed by atoms with van der Waals surface area (Å²) < 4.78 is 0. The normalized spacial score (nSPS) is 18.6. The summed E-state index contributed by atoms with van der Waals surface area (Å²) >= 11 is 1.62. The molecule has 0 bridgehead atoms. The average molecular weight is 225 g/mol. The van der Waals surface area contributed by atoms with Gasteiger partial charge >= 0.3 is 0 Å². The molecule has 82 valence electrons. The third-order valence-corrected chi connectivity index (χ3v) is 3.31. The Hall–Kier alpha value is -0.970. The van der Waals surface area contributed by atoms with Gasteiger partial charge in [0.15, 0.2) is 5.17 Å². The summed E-state index contributed by atoms with van der Waals surface area (Å²) in [6, 6.07) is 0. The number of amidine groups is 1. The zero-order valence-corrected chi connectivity index (χ0v) is 9.64. The van der Waals surface area contributed by atoms with Crippen LogP contribution in [0.1, 0.15) is 19.8 Å². The van der Waals surface area contributed by atoms with Gasteiger partial charge in [0.2, 0.25) is 5.91 Å². The fraction of sp³-hybridized carbons (Fsp3) is 0.600. The van der Waals surface area contributed by atoms with Crippen LogP contribution >= 0.6 is 11.8 Å². The van der Waals surface area contributed by atoms with E-state index in [1.54, 1.807) is 11.8 Å². The molecule has 0 fully saturated rings. The summed E-state index contributed by atoms with van der Waals surface area (Å²) in [6.45, 7) is 4.60. The lowest BCUT2D eigenvalue weighted by Gasteiger charge is -2.15. The number of carbonyl (C=O) groups is 1. The van der Waals surface area contributed by atoms with Gasteiger partial charge in [-0.1, -0.05) is 18.7 Å². The van der Waals surface area contributed by atoms with E-state index in [4.69, 9.17) is 0 Å². The molecule has 0 aromatic carbocycles. The zero-order valence-electron chi connectivity index (χ0n) is 8.82. The van der Waals surface area contributed by atoms with Gasteiger partial charge in [0.25, 0.3) is 0 Å². The first-order chi connectivity index (χ1) is 7.31. The van der Waals surface area contributed by atoms with Gasteiger partial charge in [0, 0.05) is 18.8 Å². The van der Waals surface area contributed by atoms with Crippen LogP contribution in [0, 0.1) is 0 Å². The second-order valence-corrected chi connectivity index (χ2v) is 4.41. The maximum absolute atomic E-state index is 11.5. The Morgan fingerprint density at radius 2 is 2.60 bits per heavy atom. The van der Waals surface area contributed by atoms with Crippen molar-refractivity contribution in [3.63, 3.8) is 0 Å². The van der Waals surface area contributed by atoms with Crippen molar-refractivity contribution >= 4 is 22.8 Å². The first-order valence-electron chi connectivity index (χ1n) is 5.25. The smallest absolute Gasteiger partial charge is 0.225 e. The molecule has 0 aromatic heterocycles. The van der Waals surface area contributed by atoms with Crippen LogP contribution < -0.4 is 5.32 Å². The molecule has 0 unspecified atom stereocenters. The maximum atomic E-state index is 11.5. The molecule has 1 amide bonds. The molecule has 0 atom stereocenters. The summed E-state index contributed by atoms with van der Waals surface area (Å²) in [5, 5.41) is 5.96. The van der Waals surface area contributed by atoms with E-state index in [9.17, 15) is 4.79 Å². The van der Waals surface area contributed by atoms with Crippen molar-refractivity contribution in [3.8, 4) is 0 Å². The Morgan fingerprint density at radius 1 is 1.73 bits per heavy atom. The molecule has 0 saturated carbocycles. The van der Waals surface area contributed by atoms with E-state index < -0.39 is 0 Å². The van der Waals surface area contributed by atoms with Crippen molar-refractivity contribution in [2.75, 3.05) is 19.6 Å². The van der Waals surface area contributed by atoms with Crippen LogP contribution in [0.3, 0.4) is 0 Å². The van der Waals surface area contributed by atoms with Crippen LogP contribution in [0.15, 0.2) is 16.1 Å². The fourth-order valence-electron chi connectivity index (χ4n) is 1.61. The van der Waals surface area contributed by atoms with Gasteiger partial charge in [-0.2, -0.15) is 0 Å². The molecule has 0 spiro atoms. The summed E-state index contributed by atoms with van der Waals surface area (Å²) in [6.07, 6.45) is 1.46. The van der Waals surface area contributed by atoms with E-state index in [1.165, 1.54) is 0 Å². The standard InChI is InChI=1S/C10H15N3OS/c1-2-3-11-9(14)6-8-7-15-10-12-4-5-13(8)10/h7H,2-6H2,1H3,(H,11,14). The number of nitrogens with one attached hydrogen (secondary N) is 1. The molecule has 0 saturated heterocycles. The Balaban J connectivity index is 1.85. The predicted octanol–water partition coefficient (Wildman–Crippen LogP) is 1.16. The van der Waals surface area contributed by atoms with Gasteiger partial charge < -0.3 is 10.2 Å². The van der Waals surface area contributed by atoms with Gasteiger partial charge in [-0.15, -0.1) is 0 Å². The number of carbonyl (C=O) groups excluding carboxylic acids is 1. The van der Waals surface area contributed by atoms with Gasteiger partial charge in [0.1, 0.15) is 0 Å². The second kappa shape index (κ2) is 4.70. The van der Waals surface area contributed by atoms with Crippen LogP contribution in [0.5, 0.6) is 0 Å². The van der Waals surface area contributed by atoms with Crippen molar-refractivity contribution in [2.24, 2.45) is 4.99 Å². The summed E-state index contributed by atoms with van der Waals surface area (Å²) in [5.41, 5.74) is 1.09. The minimum Gasteiger partial charge on any atom is -0.356 e. The minimum atomic E-state index is 0.108. The molecule has 2 heterocycles. The highest BCUT2D eigenvalue weighted by atomic mass is 32.2. The summed E-state index contributed by atoms with van der Waals surface area (Å²) in [4.78, 5) is 18.0. The number of aliphatic imine (C=N–C) groups is 1. The van der Waals surface area contributed by atoms with Crippen LogP contribution in [0.4, 0.5) is 0 Å². The van der Waals surface area contributed by atoms with E-state index in [1.807, 2.05) is 5.41 Å². The van der Waals surface area contributed by atoms with Crippen molar-refractivity contribution in [2.45, 2.75) is 19.8 Å². The topological polar surface area (TPSA) is 44.7 Å². The van der Waals surface area contributed by atoms with Crippen LogP contribution in [0.25, 0.3) is 0 Å². The van der Waals surface area contributed by atoms with Gasteiger partial charge in [-0.3, -0.25) is 9.79 Å². The second-order valence-electron chi connectivity index (χ2n) is 3.57. The predicted molar refractivity (Wildman–Crippen MR) is 62.6 cm³/mol. The number of rotatable bonds is 4. The highest BCUT2D eigenvalue weighted by Gasteiger charge is 2.27. The molecule has 0 radical (unpaired) electrons. The van der Waals surface area contributed by atoms with Crippen LogP contribution in [-0.2, 0) is 4.79 Å². The van der Waals surface area contributed by atoms with Gasteiger partial charge in [-0.25, -0.2) is 0 Å². The highest BCUT2D eigenvalue weighted by Crippen LogP contribution is 2.30. The monoisotopic (exact) mass is 225 g/mol. The summed E-state index contributed by atoms with van der Waals surface area (Å²) in [7, 11) is 0. The van der Waals surface area contributed by atoms with E-state index in [-0.39, 0.29) is 5.91 Å². The van der Waals surface area contributed by atoms with Crippen molar-refractivity contribution in [1.29, 1.82) is 0 Å². The van der Waals surface area contributed by atoms with Gasteiger partial charge in [0.05, 0.1) is 13.0 Å². The number of nitrogens with zero attached hydrogens (tertiary/aromatic N) is 2. The van der Waals surface area contributed by atoms with E-state index >= 15 is 0 Å². The SMILES string of the molecule is CCCNC(=O)CC1=CSC2=NCCN12. The molecule has 4 nitrogen and oxygen atoms in total. The number of fused-ring (bicyclic) bond motifs is 1. The molecule has 2 aliphatic heterocycles. The quantitative estimate of drug-likeness (QED) is 0.781. The van der Waals surface area contributed by atoms with Crippen LogP contribution in [0.2, 0.25) is 0 Å². The lowest BCUT2D eigenvalue weighted by atomic mass is 10.3. The first kappa shape index (κ1) is 10.5. The van der Waals surface area contributed by atoms with Crippen molar-refractivity contribution in [1.82, 2.24) is 10.2 Å². The first-order valence-corrected chi connectivity index (χ1v) is 6.13. The van der Waals surface area contributed by atoms with E-state index in [0.29, 0.717) is 6.42 Å². The lowest BCUT2D eigenvalue weighted by molar-refractivity contribution is -0.120. The van der Waals surface area contributed by atoms with Crippen molar-refractivity contribution in [3.05, 3.63) is 11.1 Å². The Bertz CT molecular complexity index is 325. The molecule has 0 aliphatic carbocycles. The molecule has 2 rings (SSSR count). The van der Waals surface area contributed by atoms with Gasteiger partial charge in [-0.05, 0) is 11.8 Å². The number of hydrogen-bond acceptors (Lipinski definition) is 4. The Labute approximate surface area is 93.8 Å². The average Bonchev–Trinajstić information content (AvgIpc) is 2.80. The van der Waals surface area contributed by atoms with E-state index in [0.717, 1.165) is 36.9 Å². The lowest BCUT2D eigenvalue weighted by Crippen LogP contribution is -2.28. The minimum absolute atomic E-state index is 0.108. The number of amides is 1. The summed E-state index contributed by atoms with van der Waals surface area (Å²) in [5.74, 6) is 0.108. The van der Waals surface area contributed by atoms with E-state index in [2.05, 4.69) is 22.1 Å². The van der Waals surface area contributed by atoms with Crippen LogP contribution in [-0.4, -0.2) is 35.6 Å². The third kappa shape index (κ3) is 2.34. The molecular formula is C10H15N3OS. The molecule has 0 aromatic rings. The Morgan fingerprint density at radius 3 is 3.40 bits per heavy atom. The molecule has 1 N–H and O–H groups in total. The fourth-order valence-corrected chi connectivity index (χ4v) is 2.56. The number of hydrogen-bond donors (Lipinski definition) is 1. The Kier molecular flexibility index (Phi) is 3.30. The molecule has 2 aliphatic rings. The molecule has 15 heavy (non-hydrogen) atoms. The third-order valence-electron chi connectivity index (χ3n) is 2.36. The molecular weight excluding hydrogens is 210 g/mol.